The molecule has 1 N–H and O–H groups in total. The summed E-state index contributed by atoms with van der Waals surface area (Å²) < 4.78 is 5.32. The molecule has 0 radical (unpaired) electrons. The van der Waals surface area contributed by atoms with Gasteiger partial charge in [-0.3, -0.25) is 0 Å². The van der Waals surface area contributed by atoms with Crippen molar-refractivity contribution in [2.75, 3.05) is 24.5 Å². The standard InChI is InChI=1S/C13H22N4O/c1-2-4-10-17(9-3-1)13-15-12(18-16-13)7-8-14-11-5-6-11/h11,14H,1-10H2. The van der Waals surface area contributed by atoms with Crippen LogP contribution >= 0.6 is 0 Å². The molecule has 2 fully saturated rings. The summed E-state index contributed by atoms with van der Waals surface area (Å²) in [5, 5.41) is 7.57. The van der Waals surface area contributed by atoms with Crippen LogP contribution in [-0.4, -0.2) is 35.8 Å². The number of hydrogen-bond acceptors (Lipinski definition) is 5. The van der Waals surface area contributed by atoms with E-state index in [4.69, 9.17) is 4.52 Å². The fourth-order valence-electron chi connectivity index (χ4n) is 2.42. The Balaban J connectivity index is 1.50. The molecule has 1 aliphatic carbocycles. The van der Waals surface area contributed by atoms with E-state index >= 15 is 0 Å². The second kappa shape index (κ2) is 5.69. The lowest BCUT2D eigenvalue weighted by Gasteiger charge is -2.16. The first-order valence-corrected chi connectivity index (χ1v) is 7.23. The van der Waals surface area contributed by atoms with Gasteiger partial charge in [-0.2, -0.15) is 4.98 Å². The summed E-state index contributed by atoms with van der Waals surface area (Å²) in [5.41, 5.74) is 0. The third kappa shape index (κ3) is 3.22. The average molecular weight is 250 g/mol. The number of aromatic nitrogens is 2. The maximum absolute atomic E-state index is 5.32. The lowest BCUT2D eigenvalue weighted by molar-refractivity contribution is 0.374. The van der Waals surface area contributed by atoms with Crippen LogP contribution in [0.4, 0.5) is 5.95 Å². The van der Waals surface area contributed by atoms with Crippen LogP contribution in [0.3, 0.4) is 0 Å². The van der Waals surface area contributed by atoms with Crippen molar-refractivity contribution in [1.29, 1.82) is 0 Å². The van der Waals surface area contributed by atoms with E-state index in [9.17, 15) is 0 Å². The molecule has 5 nitrogen and oxygen atoms in total. The van der Waals surface area contributed by atoms with Gasteiger partial charge < -0.3 is 14.7 Å². The van der Waals surface area contributed by atoms with E-state index in [0.717, 1.165) is 43.9 Å². The highest BCUT2D eigenvalue weighted by Crippen LogP contribution is 2.19. The minimum atomic E-state index is 0.748. The van der Waals surface area contributed by atoms with Crippen molar-refractivity contribution in [3.05, 3.63) is 5.89 Å². The normalized spacial score (nSPS) is 21.0. The summed E-state index contributed by atoms with van der Waals surface area (Å²) >= 11 is 0. The smallest absolute Gasteiger partial charge is 0.266 e. The highest BCUT2D eigenvalue weighted by molar-refractivity contribution is 5.27. The molecule has 0 spiro atoms. The van der Waals surface area contributed by atoms with Gasteiger partial charge in [0.25, 0.3) is 5.95 Å². The summed E-state index contributed by atoms with van der Waals surface area (Å²) in [6.45, 7) is 3.09. The van der Waals surface area contributed by atoms with Crippen molar-refractivity contribution in [3.63, 3.8) is 0 Å². The Morgan fingerprint density at radius 1 is 1.17 bits per heavy atom. The fourth-order valence-corrected chi connectivity index (χ4v) is 2.42. The van der Waals surface area contributed by atoms with Crippen LogP contribution in [0.25, 0.3) is 0 Å². The molecular formula is C13H22N4O. The molecule has 1 saturated carbocycles. The maximum Gasteiger partial charge on any atom is 0.266 e. The van der Waals surface area contributed by atoms with E-state index in [-0.39, 0.29) is 0 Å². The molecule has 3 rings (SSSR count). The van der Waals surface area contributed by atoms with Gasteiger partial charge in [-0.1, -0.05) is 12.8 Å². The Bertz CT molecular complexity index is 367. The number of nitrogens with one attached hydrogen (secondary N) is 1. The number of anilines is 1. The highest BCUT2D eigenvalue weighted by Gasteiger charge is 2.20. The molecule has 0 aromatic carbocycles. The van der Waals surface area contributed by atoms with Crippen molar-refractivity contribution < 1.29 is 4.52 Å². The minimum Gasteiger partial charge on any atom is -0.338 e. The van der Waals surface area contributed by atoms with Crippen LogP contribution < -0.4 is 10.2 Å². The molecular weight excluding hydrogens is 228 g/mol. The second-order valence-corrected chi connectivity index (χ2v) is 5.37. The van der Waals surface area contributed by atoms with Gasteiger partial charge in [-0.15, -0.1) is 0 Å². The Morgan fingerprint density at radius 3 is 2.67 bits per heavy atom. The van der Waals surface area contributed by atoms with Crippen molar-refractivity contribution in [3.8, 4) is 0 Å². The highest BCUT2D eigenvalue weighted by atomic mass is 16.5. The molecule has 18 heavy (non-hydrogen) atoms. The largest absolute Gasteiger partial charge is 0.338 e. The summed E-state index contributed by atoms with van der Waals surface area (Å²) in [5.74, 6) is 1.56. The van der Waals surface area contributed by atoms with Gasteiger partial charge in [0, 0.05) is 32.1 Å². The summed E-state index contributed by atoms with van der Waals surface area (Å²) in [6.07, 6.45) is 8.63. The molecule has 1 aromatic heterocycles. The first-order valence-electron chi connectivity index (χ1n) is 7.23. The fraction of sp³-hybridized carbons (Fsp3) is 0.846. The van der Waals surface area contributed by atoms with Crippen molar-refractivity contribution >= 4 is 5.95 Å². The molecule has 0 amide bonds. The predicted octanol–water partition coefficient (Wildman–Crippen LogP) is 1.74. The number of nitrogens with zero attached hydrogens (tertiary/aromatic N) is 3. The van der Waals surface area contributed by atoms with E-state index in [2.05, 4.69) is 20.4 Å². The number of hydrogen-bond donors (Lipinski definition) is 1. The van der Waals surface area contributed by atoms with Crippen molar-refractivity contribution in [2.24, 2.45) is 0 Å². The molecule has 1 aliphatic heterocycles. The van der Waals surface area contributed by atoms with Gasteiger partial charge in [0.15, 0.2) is 0 Å². The quantitative estimate of drug-likeness (QED) is 0.862. The third-order valence-electron chi connectivity index (χ3n) is 3.70. The van der Waals surface area contributed by atoms with Gasteiger partial charge in [0.1, 0.15) is 0 Å². The molecule has 1 saturated heterocycles. The van der Waals surface area contributed by atoms with Gasteiger partial charge in [-0.05, 0) is 30.8 Å². The number of rotatable bonds is 5. The SMILES string of the molecule is C1CCCN(c2noc(CCNC3CC3)n2)CC1. The van der Waals surface area contributed by atoms with Crippen LogP contribution in [-0.2, 0) is 6.42 Å². The monoisotopic (exact) mass is 250 g/mol. The van der Waals surface area contributed by atoms with E-state index in [0.29, 0.717) is 0 Å². The van der Waals surface area contributed by atoms with Crippen molar-refractivity contribution in [2.45, 2.75) is 51.0 Å². The summed E-state index contributed by atoms with van der Waals surface area (Å²) in [6, 6.07) is 0.748. The van der Waals surface area contributed by atoms with Crippen LogP contribution in [0, 0.1) is 0 Å². The van der Waals surface area contributed by atoms with E-state index in [1.54, 1.807) is 0 Å². The first kappa shape index (κ1) is 12.0. The lowest BCUT2D eigenvalue weighted by Crippen LogP contribution is -2.25. The molecule has 0 unspecified atom stereocenters. The molecule has 1 aromatic rings. The van der Waals surface area contributed by atoms with Crippen molar-refractivity contribution in [1.82, 2.24) is 15.5 Å². The zero-order valence-corrected chi connectivity index (χ0v) is 10.9. The van der Waals surface area contributed by atoms with Gasteiger partial charge in [0.2, 0.25) is 5.89 Å². The topological polar surface area (TPSA) is 54.2 Å². The maximum atomic E-state index is 5.32. The molecule has 0 bridgehead atoms. The van der Waals surface area contributed by atoms with Gasteiger partial charge in [-0.25, -0.2) is 0 Å². The summed E-state index contributed by atoms with van der Waals surface area (Å²) in [7, 11) is 0. The second-order valence-electron chi connectivity index (χ2n) is 5.37. The Morgan fingerprint density at radius 2 is 1.94 bits per heavy atom. The van der Waals surface area contributed by atoms with E-state index in [1.807, 2.05) is 0 Å². The Hall–Kier alpha value is -1.10. The molecule has 2 heterocycles. The van der Waals surface area contributed by atoms with E-state index in [1.165, 1.54) is 38.5 Å². The molecule has 2 aliphatic rings. The molecule has 100 valence electrons. The zero-order valence-electron chi connectivity index (χ0n) is 10.9. The Kier molecular flexibility index (Phi) is 3.78. The zero-order chi connectivity index (χ0) is 12.2. The van der Waals surface area contributed by atoms with Gasteiger partial charge >= 0.3 is 0 Å². The molecule has 5 heteroatoms. The molecule has 0 atom stereocenters. The van der Waals surface area contributed by atoms with Crippen LogP contribution in [0.1, 0.15) is 44.4 Å². The predicted molar refractivity (Wildman–Crippen MR) is 69.7 cm³/mol. The van der Waals surface area contributed by atoms with Crippen LogP contribution in [0.15, 0.2) is 4.52 Å². The Labute approximate surface area is 108 Å². The first-order chi connectivity index (χ1) is 8.92. The lowest BCUT2D eigenvalue weighted by atomic mass is 10.2. The van der Waals surface area contributed by atoms with Crippen LogP contribution in [0.5, 0.6) is 0 Å². The average Bonchev–Trinajstić information content (AvgIpc) is 3.14. The third-order valence-corrected chi connectivity index (χ3v) is 3.70. The van der Waals surface area contributed by atoms with Gasteiger partial charge in [0.05, 0.1) is 0 Å². The minimum absolute atomic E-state index is 0.748. The summed E-state index contributed by atoms with van der Waals surface area (Å²) in [4.78, 5) is 6.76. The van der Waals surface area contributed by atoms with E-state index < -0.39 is 0 Å². The van der Waals surface area contributed by atoms with Crippen LogP contribution in [0.2, 0.25) is 0 Å².